The number of aliphatic hydroxyl groups excluding tert-OH is 3. The minimum atomic E-state index is -1.43. The first-order valence-corrected chi connectivity index (χ1v) is 6.29. The summed E-state index contributed by atoms with van der Waals surface area (Å²) in [6, 6.07) is 1.10. The van der Waals surface area contributed by atoms with Crippen molar-refractivity contribution in [1.29, 1.82) is 0 Å². The van der Waals surface area contributed by atoms with Gasteiger partial charge in [-0.25, -0.2) is 4.79 Å². The van der Waals surface area contributed by atoms with E-state index in [-0.39, 0.29) is 6.42 Å². The second-order valence-electron chi connectivity index (χ2n) is 4.50. The molecule has 0 radical (unpaired) electrons. The molecule has 1 aromatic rings. The molecule has 114 valence electrons. The summed E-state index contributed by atoms with van der Waals surface area (Å²) in [5.41, 5.74) is -1.33. The second kappa shape index (κ2) is 7.34. The predicted octanol–water partition coefficient (Wildman–Crippen LogP) is -1.44. The van der Waals surface area contributed by atoms with Gasteiger partial charge in [0.05, 0.1) is 12.2 Å². The minimum Gasteiger partial charge on any atom is -0.393 e. The van der Waals surface area contributed by atoms with Gasteiger partial charge in [0.15, 0.2) is 6.23 Å². The van der Waals surface area contributed by atoms with Crippen LogP contribution in [0.4, 0.5) is 0 Å². The summed E-state index contributed by atoms with van der Waals surface area (Å²) in [7, 11) is 1.26. The van der Waals surface area contributed by atoms with Gasteiger partial charge in [-0.1, -0.05) is 6.92 Å². The van der Waals surface area contributed by atoms with E-state index >= 15 is 0 Å². The van der Waals surface area contributed by atoms with Crippen molar-refractivity contribution in [2.24, 2.45) is 0 Å². The van der Waals surface area contributed by atoms with Gasteiger partial charge in [0.1, 0.15) is 6.10 Å². The molecule has 0 spiro atoms. The molecule has 0 amide bonds. The van der Waals surface area contributed by atoms with Crippen LogP contribution in [0, 0.1) is 0 Å². The minimum absolute atomic E-state index is 0.0460. The van der Waals surface area contributed by atoms with Crippen molar-refractivity contribution in [3.63, 3.8) is 0 Å². The Labute approximate surface area is 115 Å². The number of nitrogens with zero attached hydrogens (tertiary/aromatic N) is 1. The van der Waals surface area contributed by atoms with Gasteiger partial charge in [-0.3, -0.25) is 14.3 Å². The molecule has 4 N–H and O–H groups in total. The smallest absolute Gasteiger partial charge is 0.330 e. The van der Waals surface area contributed by atoms with E-state index in [9.17, 15) is 24.9 Å². The molecular formula is C12H20N2O6. The van der Waals surface area contributed by atoms with Gasteiger partial charge in [0.25, 0.3) is 5.56 Å². The maximum atomic E-state index is 11.6. The van der Waals surface area contributed by atoms with Gasteiger partial charge in [0, 0.05) is 25.8 Å². The normalized spacial score (nSPS) is 17.4. The number of hydrogen-bond acceptors (Lipinski definition) is 6. The zero-order valence-electron chi connectivity index (χ0n) is 11.4. The number of ether oxygens (including phenoxy) is 1. The molecule has 0 aliphatic heterocycles. The van der Waals surface area contributed by atoms with E-state index in [2.05, 4.69) is 0 Å². The Morgan fingerprint density at radius 2 is 2.00 bits per heavy atom. The van der Waals surface area contributed by atoms with E-state index in [0.29, 0.717) is 6.42 Å². The molecule has 1 unspecified atom stereocenters. The number of nitrogens with one attached hydrogen (secondary N) is 1. The van der Waals surface area contributed by atoms with Crippen molar-refractivity contribution >= 4 is 0 Å². The number of hydrogen-bond donors (Lipinski definition) is 4. The highest BCUT2D eigenvalue weighted by Crippen LogP contribution is 2.17. The van der Waals surface area contributed by atoms with Crippen molar-refractivity contribution in [2.45, 2.75) is 44.3 Å². The van der Waals surface area contributed by atoms with Gasteiger partial charge in [-0.2, -0.15) is 0 Å². The van der Waals surface area contributed by atoms with Crippen molar-refractivity contribution < 1.29 is 20.1 Å². The van der Waals surface area contributed by atoms with Gasteiger partial charge in [-0.15, -0.1) is 0 Å². The van der Waals surface area contributed by atoms with Crippen molar-refractivity contribution in [3.8, 4) is 0 Å². The number of aliphatic hydroxyl groups is 3. The number of aromatic amines is 1. The Balaban J connectivity index is 2.94. The van der Waals surface area contributed by atoms with Gasteiger partial charge in [0.2, 0.25) is 0 Å². The van der Waals surface area contributed by atoms with Crippen LogP contribution in [-0.4, -0.2) is 50.3 Å². The number of H-pyrrole nitrogens is 1. The highest BCUT2D eigenvalue weighted by molar-refractivity contribution is 4.87. The summed E-state index contributed by atoms with van der Waals surface area (Å²) < 4.78 is 5.97. The molecule has 4 atom stereocenters. The lowest BCUT2D eigenvalue weighted by atomic mass is 10.0. The average molecular weight is 288 g/mol. The van der Waals surface area contributed by atoms with Crippen LogP contribution < -0.4 is 11.2 Å². The molecule has 1 rings (SSSR count). The summed E-state index contributed by atoms with van der Waals surface area (Å²) >= 11 is 0. The SMILES string of the molecule is CC[C@@H](O)C[C@@H](O)[C@@H](O)C(OC)n1ccc(=O)[nH]c1=O. The maximum absolute atomic E-state index is 11.6. The molecule has 1 heterocycles. The topological polar surface area (TPSA) is 125 Å². The molecule has 1 aromatic heterocycles. The molecule has 8 heteroatoms. The van der Waals surface area contributed by atoms with Crippen LogP contribution in [-0.2, 0) is 4.74 Å². The van der Waals surface area contributed by atoms with Crippen LogP contribution in [0.5, 0.6) is 0 Å². The Morgan fingerprint density at radius 3 is 2.50 bits per heavy atom. The molecule has 0 aliphatic rings. The first-order chi connectivity index (χ1) is 9.40. The quantitative estimate of drug-likeness (QED) is 0.487. The third kappa shape index (κ3) is 4.01. The molecule has 0 bridgehead atoms. The second-order valence-corrected chi connectivity index (χ2v) is 4.50. The van der Waals surface area contributed by atoms with E-state index < -0.39 is 35.8 Å². The summed E-state index contributed by atoms with van der Waals surface area (Å²) in [6.45, 7) is 1.74. The highest BCUT2D eigenvalue weighted by Gasteiger charge is 2.29. The Hall–Kier alpha value is -1.48. The van der Waals surface area contributed by atoms with Crippen LogP contribution >= 0.6 is 0 Å². The van der Waals surface area contributed by atoms with Gasteiger partial charge >= 0.3 is 5.69 Å². The number of methoxy groups -OCH3 is 1. The average Bonchev–Trinajstić information content (AvgIpc) is 2.41. The molecule has 0 saturated carbocycles. The van der Waals surface area contributed by atoms with Crippen molar-refractivity contribution in [3.05, 3.63) is 33.1 Å². The molecule has 0 saturated heterocycles. The highest BCUT2D eigenvalue weighted by atomic mass is 16.5. The summed E-state index contributed by atoms with van der Waals surface area (Å²) in [5.74, 6) is 0. The Morgan fingerprint density at radius 1 is 1.35 bits per heavy atom. The predicted molar refractivity (Wildman–Crippen MR) is 70.3 cm³/mol. The fourth-order valence-corrected chi connectivity index (χ4v) is 1.82. The van der Waals surface area contributed by atoms with E-state index in [4.69, 9.17) is 4.74 Å². The third-order valence-corrected chi connectivity index (χ3v) is 3.04. The lowest BCUT2D eigenvalue weighted by Gasteiger charge is -2.27. The maximum Gasteiger partial charge on any atom is 0.330 e. The standard InChI is InChI=1S/C12H20N2O6/c1-3-7(15)6-8(16)10(18)11(20-2)14-5-4-9(17)13-12(14)19/h4-5,7-8,10-11,15-16,18H,3,6H2,1-2H3,(H,13,17,19)/t7-,8-,10-,11?/m1/s1. The van der Waals surface area contributed by atoms with Crippen LogP contribution in [0.2, 0.25) is 0 Å². The molecule has 8 nitrogen and oxygen atoms in total. The van der Waals surface area contributed by atoms with Crippen molar-refractivity contribution in [2.75, 3.05) is 7.11 Å². The van der Waals surface area contributed by atoms with E-state index in [1.165, 1.54) is 13.3 Å². The van der Waals surface area contributed by atoms with E-state index in [1.807, 2.05) is 4.98 Å². The van der Waals surface area contributed by atoms with Crippen LogP contribution in [0.25, 0.3) is 0 Å². The van der Waals surface area contributed by atoms with E-state index in [1.54, 1.807) is 6.92 Å². The fraction of sp³-hybridized carbons (Fsp3) is 0.667. The van der Waals surface area contributed by atoms with Gasteiger partial charge in [-0.05, 0) is 6.42 Å². The summed E-state index contributed by atoms with van der Waals surface area (Å²) in [5, 5.41) is 29.3. The van der Waals surface area contributed by atoms with Gasteiger partial charge < -0.3 is 20.1 Å². The number of rotatable bonds is 7. The van der Waals surface area contributed by atoms with Crippen LogP contribution in [0.1, 0.15) is 26.0 Å². The first kappa shape index (κ1) is 16.6. The molecule has 0 aliphatic carbocycles. The Kier molecular flexibility index (Phi) is 6.08. The zero-order valence-corrected chi connectivity index (χ0v) is 11.4. The molecule has 0 aromatic carbocycles. The monoisotopic (exact) mass is 288 g/mol. The van der Waals surface area contributed by atoms with Crippen LogP contribution in [0.15, 0.2) is 21.9 Å². The number of aromatic nitrogens is 2. The molecular weight excluding hydrogens is 268 g/mol. The molecule has 20 heavy (non-hydrogen) atoms. The third-order valence-electron chi connectivity index (χ3n) is 3.04. The lowest BCUT2D eigenvalue weighted by molar-refractivity contribution is -0.119. The summed E-state index contributed by atoms with van der Waals surface area (Å²) in [4.78, 5) is 24.6. The van der Waals surface area contributed by atoms with E-state index in [0.717, 1.165) is 10.6 Å². The Bertz CT molecular complexity index is 525. The summed E-state index contributed by atoms with van der Waals surface area (Å²) in [6.07, 6.45) is -3.07. The van der Waals surface area contributed by atoms with Crippen molar-refractivity contribution in [1.82, 2.24) is 9.55 Å². The fourth-order valence-electron chi connectivity index (χ4n) is 1.82. The lowest BCUT2D eigenvalue weighted by Crippen LogP contribution is -2.43. The molecule has 0 fully saturated rings. The largest absolute Gasteiger partial charge is 0.393 e. The zero-order chi connectivity index (χ0) is 15.3. The first-order valence-electron chi connectivity index (χ1n) is 6.29. The van der Waals surface area contributed by atoms with Crippen LogP contribution in [0.3, 0.4) is 0 Å².